The van der Waals surface area contributed by atoms with Crippen molar-refractivity contribution in [3.8, 4) is 0 Å². The summed E-state index contributed by atoms with van der Waals surface area (Å²) in [5.74, 6) is -1.13. The van der Waals surface area contributed by atoms with Gasteiger partial charge in [-0.1, -0.05) is 12.8 Å². The maximum absolute atomic E-state index is 12.7. The Labute approximate surface area is 142 Å². The number of aromatic carboxylic acids is 1. The second-order valence-corrected chi connectivity index (χ2v) is 7.33. The summed E-state index contributed by atoms with van der Waals surface area (Å²) in [7, 11) is 2.14. The summed E-state index contributed by atoms with van der Waals surface area (Å²) in [6.45, 7) is 6.40. The molecule has 2 aliphatic rings. The molecular formula is C18H27N3O3. The number of likely N-dealkylation sites (N-methyl/N-ethyl adjacent to an activating group) is 1. The van der Waals surface area contributed by atoms with Crippen LogP contribution in [0.25, 0.3) is 0 Å². The van der Waals surface area contributed by atoms with Crippen LogP contribution in [0, 0.1) is 6.92 Å². The van der Waals surface area contributed by atoms with Gasteiger partial charge < -0.3 is 14.6 Å². The number of hydrogen-bond donors (Lipinski definition) is 1. The average Bonchev–Trinajstić information content (AvgIpc) is 3.00. The van der Waals surface area contributed by atoms with Crippen molar-refractivity contribution in [2.24, 2.45) is 0 Å². The molecular weight excluding hydrogens is 306 g/mol. The van der Waals surface area contributed by atoms with E-state index >= 15 is 0 Å². The fourth-order valence-electron chi connectivity index (χ4n) is 4.26. The third-order valence-electron chi connectivity index (χ3n) is 5.76. The molecule has 2 heterocycles. The van der Waals surface area contributed by atoms with Crippen LogP contribution in [0.1, 0.15) is 41.6 Å². The van der Waals surface area contributed by atoms with Gasteiger partial charge in [0.1, 0.15) is 5.56 Å². The van der Waals surface area contributed by atoms with Crippen molar-refractivity contribution in [1.29, 1.82) is 0 Å². The van der Waals surface area contributed by atoms with Crippen molar-refractivity contribution in [2.45, 2.75) is 44.7 Å². The van der Waals surface area contributed by atoms with Gasteiger partial charge in [-0.3, -0.25) is 9.69 Å². The highest BCUT2D eigenvalue weighted by molar-refractivity contribution is 5.88. The lowest BCUT2D eigenvalue weighted by molar-refractivity contribution is 0.0304. The summed E-state index contributed by atoms with van der Waals surface area (Å²) in [5, 5.41) is 9.34. The highest BCUT2D eigenvalue weighted by Crippen LogP contribution is 2.37. The molecule has 1 aromatic rings. The highest BCUT2D eigenvalue weighted by atomic mass is 16.4. The van der Waals surface area contributed by atoms with Crippen LogP contribution in [-0.2, 0) is 6.54 Å². The van der Waals surface area contributed by atoms with Crippen LogP contribution in [0.5, 0.6) is 0 Å². The van der Waals surface area contributed by atoms with Gasteiger partial charge in [-0.2, -0.15) is 0 Å². The Morgan fingerprint density at radius 1 is 1.21 bits per heavy atom. The Bertz CT molecular complexity index is 669. The quantitative estimate of drug-likeness (QED) is 0.903. The molecule has 6 heteroatoms. The minimum atomic E-state index is -1.13. The smallest absolute Gasteiger partial charge is 0.341 e. The summed E-state index contributed by atoms with van der Waals surface area (Å²) in [6, 6.07) is 1.75. The molecule has 1 aliphatic carbocycles. The van der Waals surface area contributed by atoms with Crippen LogP contribution in [0.2, 0.25) is 0 Å². The van der Waals surface area contributed by atoms with Crippen LogP contribution in [0.3, 0.4) is 0 Å². The van der Waals surface area contributed by atoms with Crippen molar-refractivity contribution in [2.75, 3.05) is 33.2 Å². The number of pyridine rings is 1. The van der Waals surface area contributed by atoms with Gasteiger partial charge in [0.2, 0.25) is 0 Å². The number of carboxylic acids is 1. The van der Waals surface area contributed by atoms with E-state index in [1.54, 1.807) is 23.8 Å². The molecule has 0 spiro atoms. The Morgan fingerprint density at radius 2 is 1.83 bits per heavy atom. The molecule has 1 aliphatic heterocycles. The number of carbonyl (C=O) groups is 1. The van der Waals surface area contributed by atoms with Crippen molar-refractivity contribution in [3.63, 3.8) is 0 Å². The number of piperazine rings is 1. The van der Waals surface area contributed by atoms with Crippen LogP contribution in [0.15, 0.2) is 17.1 Å². The maximum Gasteiger partial charge on any atom is 0.341 e. The van der Waals surface area contributed by atoms with Crippen molar-refractivity contribution >= 4 is 5.97 Å². The fraction of sp³-hybridized carbons (Fsp3) is 0.667. The maximum atomic E-state index is 12.7. The van der Waals surface area contributed by atoms with E-state index in [4.69, 9.17) is 0 Å². The summed E-state index contributed by atoms with van der Waals surface area (Å²) >= 11 is 0. The zero-order valence-electron chi connectivity index (χ0n) is 14.6. The molecule has 0 aromatic carbocycles. The second-order valence-electron chi connectivity index (χ2n) is 7.33. The van der Waals surface area contributed by atoms with Crippen LogP contribution < -0.4 is 5.56 Å². The molecule has 6 nitrogen and oxygen atoms in total. The molecule has 1 saturated carbocycles. The number of rotatable bonds is 4. The first-order chi connectivity index (χ1) is 11.4. The standard InChI is InChI=1S/C18H27N3O3/c1-14-5-8-20(16(22)15(14)17(23)24)13-18(6-3-4-7-18)21-11-9-19(2)10-12-21/h5,8H,3-4,6-7,9-13H2,1-2H3,(H,23,24). The summed E-state index contributed by atoms with van der Waals surface area (Å²) < 4.78 is 1.63. The molecule has 0 amide bonds. The van der Waals surface area contributed by atoms with E-state index < -0.39 is 5.97 Å². The number of aromatic nitrogens is 1. The monoisotopic (exact) mass is 333 g/mol. The first-order valence-electron chi connectivity index (χ1n) is 8.80. The zero-order chi connectivity index (χ0) is 17.3. The lowest BCUT2D eigenvalue weighted by Crippen LogP contribution is -2.57. The number of carboxylic acid groups (broad SMARTS) is 1. The predicted molar refractivity (Wildman–Crippen MR) is 92.7 cm³/mol. The van der Waals surface area contributed by atoms with E-state index in [1.165, 1.54) is 12.8 Å². The van der Waals surface area contributed by atoms with E-state index in [-0.39, 0.29) is 16.7 Å². The van der Waals surface area contributed by atoms with Crippen LogP contribution in [0.4, 0.5) is 0 Å². The Morgan fingerprint density at radius 3 is 2.42 bits per heavy atom. The van der Waals surface area contributed by atoms with E-state index in [0.29, 0.717) is 12.1 Å². The van der Waals surface area contributed by atoms with Gasteiger partial charge in [0.25, 0.3) is 5.56 Å². The predicted octanol–water partition coefficient (Wildman–Crippen LogP) is 1.42. The van der Waals surface area contributed by atoms with Gasteiger partial charge in [0.15, 0.2) is 0 Å². The molecule has 0 bridgehead atoms. The van der Waals surface area contributed by atoms with E-state index in [0.717, 1.165) is 39.0 Å². The average molecular weight is 333 g/mol. The third kappa shape index (κ3) is 3.13. The van der Waals surface area contributed by atoms with E-state index in [2.05, 4.69) is 16.8 Å². The lowest BCUT2D eigenvalue weighted by atomic mass is 9.93. The van der Waals surface area contributed by atoms with Crippen LogP contribution >= 0.6 is 0 Å². The highest BCUT2D eigenvalue weighted by Gasteiger charge is 2.41. The Kier molecular flexibility index (Phi) is 4.78. The molecule has 1 aromatic heterocycles. The van der Waals surface area contributed by atoms with Crippen molar-refractivity contribution in [3.05, 3.63) is 33.7 Å². The molecule has 3 rings (SSSR count). The molecule has 1 N–H and O–H groups in total. The molecule has 0 atom stereocenters. The normalized spacial score (nSPS) is 21.9. The summed E-state index contributed by atoms with van der Waals surface area (Å²) in [6.07, 6.45) is 6.29. The molecule has 2 fully saturated rings. The van der Waals surface area contributed by atoms with Gasteiger partial charge in [0, 0.05) is 44.5 Å². The van der Waals surface area contributed by atoms with Gasteiger partial charge in [-0.25, -0.2) is 4.79 Å². The first-order valence-corrected chi connectivity index (χ1v) is 8.80. The zero-order valence-corrected chi connectivity index (χ0v) is 14.6. The molecule has 0 radical (unpaired) electrons. The fourth-order valence-corrected chi connectivity index (χ4v) is 4.26. The molecule has 0 unspecified atom stereocenters. The summed E-state index contributed by atoms with van der Waals surface area (Å²) in [4.78, 5) is 28.9. The largest absolute Gasteiger partial charge is 0.477 e. The Hall–Kier alpha value is -1.66. The minimum Gasteiger partial charge on any atom is -0.477 e. The van der Waals surface area contributed by atoms with E-state index in [9.17, 15) is 14.7 Å². The van der Waals surface area contributed by atoms with Crippen LogP contribution in [-0.4, -0.2) is 64.2 Å². The SMILES string of the molecule is Cc1ccn(CC2(N3CCN(C)CC3)CCCC2)c(=O)c1C(=O)O. The number of aryl methyl sites for hydroxylation is 1. The van der Waals surface area contributed by atoms with Gasteiger partial charge in [-0.15, -0.1) is 0 Å². The molecule has 1 saturated heterocycles. The second kappa shape index (κ2) is 6.69. The number of hydrogen-bond acceptors (Lipinski definition) is 4. The summed E-state index contributed by atoms with van der Waals surface area (Å²) in [5.41, 5.74) is 0.0617. The topological polar surface area (TPSA) is 65.8 Å². The molecule has 24 heavy (non-hydrogen) atoms. The van der Waals surface area contributed by atoms with Crippen molar-refractivity contribution in [1.82, 2.24) is 14.4 Å². The van der Waals surface area contributed by atoms with E-state index in [1.807, 2.05) is 0 Å². The molecule has 132 valence electrons. The minimum absolute atomic E-state index is 0.00385. The van der Waals surface area contributed by atoms with Crippen molar-refractivity contribution < 1.29 is 9.90 Å². The number of nitrogens with zero attached hydrogens (tertiary/aromatic N) is 3. The lowest BCUT2D eigenvalue weighted by Gasteiger charge is -2.45. The van der Waals surface area contributed by atoms with Gasteiger partial charge in [-0.05, 0) is 38.4 Å². The van der Waals surface area contributed by atoms with Gasteiger partial charge in [0.05, 0.1) is 0 Å². The Balaban J connectivity index is 1.91. The first kappa shape index (κ1) is 17.2. The van der Waals surface area contributed by atoms with Gasteiger partial charge >= 0.3 is 5.97 Å². The third-order valence-corrected chi connectivity index (χ3v) is 5.76.